The van der Waals surface area contributed by atoms with Crippen LogP contribution in [0.25, 0.3) is 0 Å². The molecule has 106 valence electrons. The van der Waals surface area contributed by atoms with Crippen LogP contribution < -0.4 is 0 Å². The van der Waals surface area contributed by atoms with Crippen LogP contribution in [0.2, 0.25) is 0 Å². The van der Waals surface area contributed by atoms with E-state index in [9.17, 15) is 9.59 Å². The highest BCUT2D eigenvalue weighted by Crippen LogP contribution is 2.32. The second kappa shape index (κ2) is 7.11. The molecule has 0 aromatic heterocycles. The Hall–Kier alpha value is -1.80. The molecule has 0 saturated heterocycles. The molecule has 1 aromatic carbocycles. The molecule has 1 atom stereocenters. The first kappa shape index (κ1) is 16.3. The van der Waals surface area contributed by atoms with Gasteiger partial charge in [0.2, 0.25) is 0 Å². The largest absolute Gasteiger partial charge is 0.465 e. The van der Waals surface area contributed by atoms with Crippen molar-refractivity contribution in [1.29, 1.82) is 5.26 Å². The van der Waals surface area contributed by atoms with Crippen LogP contribution in [0, 0.1) is 17.6 Å². The molecule has 0 fully saturated rings. The quantitative estimate of drug-likeness (QED) is 0.458. The highest BCUT2D eigenvalue weighted by Gasteiger charge is 2.46. The second-order valence-electron chi connectivity index (χ2n) is 4.46. The minimum Gasteiger partial charge on any atom is -0.465 e. The van der Waals surface area contributed by atoms with E-state index < -0.39 is 10.7 Å². The Labute approximate surface area is 123 Å². The number of ketones is 1. The summed E-state index contributed by atoms with van der Waals surface area (Å²) in [4.78, 5) is 24.1. The number of hydrogen-bond acceptors (Lipinski definition) is 5. The van der Waals surface area contributed by atoms with Crippen molar-refractivity contribution in [3.05, 3.63) is 35.4 Å². The number of benzene rings is 1. The number of nitriles is 1. The molecule has 1 rings (SSSR count). The lowest BCUT2D eigenvalue weighted by atomic mass is 9.94. The molecule has 0 heterocycles. The number of Topliss-reactive ketones (excluding diaryl/α,β-unsaturated/α-hetero) is 1. The molecule has 0 aliphatic heterocycles. The van der Waals surface area contributed by atoms with Crippen molar-refractivity contribution in [2.45, 2.75) is 31.9 Å². The zero-order valence-electron chi connectivity index (χ0n) is 11.8. The zero-order chi connectivity index (χ0) is 15.2. The molecule has 20 heavy (non-hydrogen) atoms. The number of carbonyl (C=O) groups excluding carboxylic acids is 2. The minimum atomic E-state index is -1.49. The van der Waals surface area contributed by atoms with Gasteiger partial charge < -0.3 is 4.74 Å². The van der Waals surface area contributed by atoms with Gasteiger partial charge in [0, 0.05) is 6.42 Å². The summed E-state index contributed by atoms with van der Waals surface area (Å²) in [6.45, 7) is 5.12. The van der Waals surface area contributed by atoms with Gasteiger partial charge in [-0.1, -0.05) is 29.8 Å². The summed E-state index contributed by atoms with van der Waals surface area (Å²) < 4.78 is 3.50. The zero-order valence-corrected chi connectivity index (χ0v) is 12.6. The molecule has 4 nitrogen and oxygen atoms in total. The number of aryl methyl sites for hydroxylation is 1. The molecule has 0 amide bonds. The normalized spacial score (nSPS) is 13.1. The summed E-state index contributed by atoms with van der Waals surface area (Å²) in [6.07, 6.45) is 0.152. The molecular formula is C15H17NO3S. The van der Waals surface area contributed by atoms with E-state index in [4.69, 9.17) is 10.00 Å². The van der Waals surface area contributed by atoms with Crippen molar-refractivity contribution in [2.24, 2.45) is 0 Å². The number of esters is 1. The summed E-state index contributed by atoms with van der Waals surface area (Å²) in [5.41, 5.74) is 1.91. The summed E-state index contributed by atoms with van der Waals surface area (Å²) in [5, 5.41) is 10.8. The fourth-order valence-electron chi connectivity index (χ4n) is 1.81. The molecule has 0 aliphatic carbocycles. The Morgan fingerprint density at radius 1 is 1.35 bits per heavy atom. The van der Waals surface area contributed by atoms with Crippen LogP contribution in [-0.2, 0) is 20.7 Å². The third kappa shape index (κ3) is 3.61. The van der Waals surface area contributed by atoms with Crippen LogP contribution >= 0.6 is 11.8 Å². The van der Waals surface area contributed by atoms with Gasteiger partial charge in [0.05, 0.1) is 6.61 Å². The van der Waals surface area contributed by atoms with E-state index in [1.807, 2.05) is 36.6 Å². The molecule has 0 aliphatic rings. The smallest absolute Gasteiger partial charge is 0.331 e. The highest BCUT2D eigenvalue weighted by atomic mass is 32.2. The lowest BCUT2D eigenvalue weighted by molar-refractivity contribution is -0.148. The maximum absolute atomic E-state index is 12.2. The average Bonchev–Trinajstić information content (AvgIpc) is 2.40. The summed E-state index contributed by atoms with van der Waals surface area (Å²) >= 11 is 0.661. The van der Waals surface area contributed by atoms with Gasteiger partial charge in [0.25, 0.3) is 0 Å². The Morgan fingerprint density at radius 3 is 2.40 bits per heavy atom. The maximum atomic E-state index is 12.2. The Kier molecular flexibility index (Phi) is 5.78. The van der Waals surface area contributed by atoms with Gasteiger partial charge >= 0.3 is 5.97 Å². The van der Waals surface area contributed by atoms with Crippen molar-refractivity contribution >= 4 is 23.5 Å². The van der Waals surface area contributed by atoms with Crippen LogP contribution in [0.3, 0.4) is 0 Å². The number of rotatable bonds is 6. The molecule has 0 bridgehead atoms. The molecule has 0 radical (unpaired) electrons. The van der Waals surface area contributed by atoms with Crippen molar-refractivity contribution in [1.82, 2.24) is 0 Å². The van der Waals surface area contributed by atoms with E-state index in [-0.39, 0.29) is 18.8 Å². The molecule has 5 heteroatoms. The van der Waals surface area contributed by atoms with Crippen molar-refractivity contribution < 1.29 is 14.3 Å². The Bertz CT molecular complexity index is 533. The number of hydrogen-bond donors (Lipinski definition) is 0. The third-order valence-electron chi connectivity index (χ3n) is 2.97. The van der Waals surface area contributed by atoms with Gasteiger partial charge in [0.1, 0.15) is 5.40 Å². The lowest BCUT2D eigenvalue weighted by Gasteiger charge is -2.25. The van der Waals surface area contributed by atoms with Gasteiger partial charge in [-0.3, -0.25) is 9.59 Å². The SMILES string of the molecule is CCOC(=O)C(Cc1ccc(C)cc1)(SC#N)C(C)=O. The van der Waals surface area contributed by atoms with E-state index in [2.05, 4.69) is 0 Å². The van der Waals surface area contributed by atoms with Gasteiger partial charge in [-0.2, -0.15) is 5.26 Å². The van der Waals surface area contributed by atoms with E-state index in [0.29, 0.717) is 11.8 Å². The van der Waals surface area contributed by atoms with E-state index in [1.54, 1.807) is 6.92 Å². The lowest BCUT2D eigenvalue weighted by Crippen LogP contribution is -2.45. The predicted molar refractivity (Wildman–Crippen MR) is 78.1 cm³/mol. The molecule has 0 saturated carbocycles. The minimum absolute atomic E-state index is 0.152. The van der Waals surface area contributed by atoms with E-state index in [0.717, 1.165) is 11.1 Å². The van der Waals surface area contributed by atoms with Crippen LogP contribution in [0.1, 0.15) is 25.0 Å². The number of ether oxygens (including phenoxy) is 1. The summed E-state index contributed by atoms with van der Waals surface area (Å²) in [6, 6.07) is 7.51. The maximum Gasteiger partial charge on any atom is 0.331 e. The predicted octanol–water partition coefficient (Wildman–Crippen LogP) is 2.64. The summed E-state index contributed by atoms with van der Waals surface area (Å²) in [7, 11) is 0. The number of thioether (sulfide) groups is 1. The first-order chi connectivity index (χ1) is 9.46. The van der Waals surface area contributed by atoms with Crippen molar-refractivity contribution in [2.75, 3.05) is 6.61 Å². The Morgan fingerprint density at radius 2 is 1.95 bits per heavy atom. The van der Waals surface area contributed by atoms with Gasteiger partial charge in [0.15, 0.2) is 10.5 Å². The topological polar surface area (TPSA) is 67.2 Å². The van der Waals surface area contributed by atoms with Crippen molar-refractivity contribution in [3.8, 4) is 5.40 Å². The van der Waals surface area contributed by atoms with E-state index >= 15 is 0 Å². The molecule has 1 aromatic rings. The van der Waals surface area contributed by atoms with Gasteiger partial charge in [-0.05, 0) is 38.1 Å². The number of nitrogens with zero attached hydrogens (tertiary/aromatic N) is 1. The number of thiocyanates is 1. The number of carbonyl (C=O) groups is 2. The fourth-order valence-corrected chi connectivity index (χ4v) is 2.49. The van der Waals surface area contributed by atoms with Gasteiger partial charge in [-0.25, -0.2) is 0 Å². The van der Waals surface area contributed by atoms with Crippen LogP contribution in [0.4, 0.5) is 0 Å². The molecule has 0 spiro atoms. The molecule has 1 unspecified atom stereocenters. The van der Waals surface area contributed by atoms with Crippen LogP contribution in [0.5, 0.6) is 0 Å². The first-order valence-corrected chi connectivity index (χ1v) is 7.08. The first-order valence-electron chi connectivity index (χ1n) is 6.27. The van der Waals surface area contributed by atoms with Crippen LogP contribution in [0.15, 0.2) is 24.3 Å². The molecular weight excluding hydrogens is 274 g/mol. The van der Waals surface area contributed by atoms with Gasteiger partial charge in [-0.15, -0.1) is 0 Å². The standard InChI is InChI=1S/C15H17NO3S/c1-4-19-14(18)15(12(3)17,20-10-16)9-13-7-5-11(2)6-8-13/h5-8H,4,9H2,1-3H3. The summed E-state index contributed by atoms with van der Waals surface area (Å²) in [5.74, 6) is -1.03. The Balaban J connectivity index is 3.15. The third-order valence-corrected chi connectivity index (χ3v) is 4.01. The molecule has 0 N–H and O–H groups in total. The monoisotopic (exact) mass is 291 g/mol. The fraction of sp³-hybridized carbons (Fsp3) is 0.400. The highest BCUT2D eigenvalue weighted by molar-refractivity contribution is 8.06. The van der Waals surface area contributed by atoms with E-state index in [1.165, 1.54) is 6.92 Å². The van der Waals surface area contributed by atoms with Crippen LogP contribution in [-0.4, -0.2) is 23.1 Å². The average molecular weight is 291 g/mol. The second-order valence-corrected chi connectivity index (χ2v) is 5.54. The van der Waals surface area contributed by atoms with Crippen molar-refractivity contribution in [3.63, 3.8) is 0 Å².